The molecule has 8 aliphatic rings. The molecule has 140 heavy (non-hydrogen) atoms. The van der Waals surface area contributed by atoms with Crippen molar-refractivity contribution in [2.24, 2.45) is 23.7 Å². The summed E-state index contributed by atoms with van der Waals surface area (Å²) in [6.07, 6.45) is 15.8. The minimum atomic E-state index is -2.98. The zero-order chi connectivity index (χ0) is 98.8. The van der Waals surface area contributed by atoms with Crippen molar-refractivity contribution in [3.8, 4) is 0 Å². The minimum Gasteiger partial charge on any atom is -0.299 e. The van der Waals surface area contributed by atoms with Crippen LogP contribution in [0.25, 0.3) is 18.2 Å². The van der Waals surface area contributed by atoms with Gasteiger partial charge in [0, 0.05) is 102 Å². The zero-order valence-electron chi connectivity index (χ0n) is 78.0. The van der Waals surface area contributed by atoms with Crippen molar-refractivity contribution >= 4 is 195 Å². The summed E-state index contributed by atoms with van der Waals surface area (Å²) >= 11 is 15.1. The Balaban J connectivity index is 0.000000147. The first-order valence-electron chi connectivity index (χ1n) is 46.5. The molecule has 8 aliphatic heterocycles. The van der Waals surface area contributed by atoms with Crippen molar-refractivity contribution in [3.05, 3.63) is 404 Å². The molecule has 10 aromatic carbocycles. The zero-order valence-corrected chi connectivity index (χ0v) is 85.1. The molecule has 25 heteroatoms. The quantitative estimate of drug-likeness (QED) is 0.0127. The van der Waals surface area contributed by atoms with Crippen LogP contribution >= 0.6 is 84.9 Å². The number of allylic oxidation sites excluding steroid dienone is 7. The van der Waals surface area contributed by atoms with E-state index in [4.69, 9.17) is 16.7 Å². The smallest absolute Gasteiger partial charge is 0.234 e. The SMILES string of the molecule is CC(=O)C1=C(C=Cc2ccc(CC=O)cc2)CS[C@@H]2[C@H](CC(=O)Cc3ccccc3)C(=O)N12.CC(=O)C1=C(C=Cc2ccc(CO)cc2)CS[C@@H]2[C@H](CC(=O)Cc3ccccc3)C(=O)N12.CC(=O)C1=C(C=Cc2ccc(CP(I)(c3ccccc3)(c3ccccc3)c3ccccc3)cc2)CS[C@@H]2[C@H](CC(=O)Cc3ccccc3)C(=O)N12.CC(=O)C1=C(CCl)CS[C@@H]2[C@H](CC(=O)Cc3ccccc3)C(=O)N12. The summed E-state index contributed by atoms with van der Waals surface area (Å²) in [5.74, 6) is 0.269. The van der Waals surface area contributed by atoms with Crippen molar-refractivity contribution in [2.75, 3.05) is 28.9 Å². The van der Waals surface area contributed by atoms with E-state index in [0.717, 1.165) is 84.8 Å². The molecule has 0 aliphatic carbocycles. The minimum absolute atomic E-state index is 0.00620. The van der Waals surface area contributed by atoms with Crippen LogP contribution < -0.4 is 15.9 Å². The number of hydrogen-bond acceptors (Lipinski definition) is 18. The molecular formula is C115H107ClIN4O14PS4. The van der Waals surface area contributed by atoms with Gasteiger partial charge in [-0.2, -0.15) is 0 Å². The maximum atomic E-state index is 13.4. The van der Waals surface area contributed by atoms with E-state index in [1.807, 2.05) is 206 Å². The van der Waals surface area contributed by atoms with Crippen LogP contribution in [-0.2, 0) is 107 Å². The Kier molecular flexibility index (Phi) is 34.5. The van der Waals surface area contributed by atoms with Crippen molar-refractivity contribution in [1.29, 1.82) is 0 Å². The third kappa shape index (κ3) is 23.4. The average Bonchev–Trinajstić information content (AvgIpc) is 0.697. The van der Waals surface area contributed by atoms with Gasteiger partial charge >= 0.3 is 260 Å². The van der Waals surface area contributed by atoms with E-state index in [1.165, 1.54) is 54.1 Å². The number of aliphatic hydroxyl groups is 1. The molecule has 0 saturated carbocycles. The van der Waals surface area contributed by atoms with Crippen LogP contribution in [0.15, 0.2) is 348 Å². The average molecular weight is 2090 g/mol. The Labute approximate surface area is 851 Å². The van der Waals surface area contributed by atoms with Crippen molar-refractivity contribution in [2.45, 2.75) is 120 Å². The maximum Gasteiger partial charge on any atom is 0.234 e. The maximum absolute atomic E-state index is 13.4. The number of hydrogen-bond donors (Lipinski definition) is 1. The first-order valence-corrected chi connectivity index (χ1v) is 56.5. The summed E-state index contributed by atoms with van der Waals surface area (Å²) in [5.41, 5.74) is 14.8. The number of fused-ring (bicyclic) bond motifs is 4. The van der Waals surface area contributed by atoms with Crippen LogP contribution in [0.2, 0.25) is 0 Å². The number of ketones is 8. The number of halogens is 2. The predicted molar refractivity (Wildman–Crippen MR) is 572 cm³/mol. The molecular weight excluding hydrogens is 1980 g/mol. The van der Waals surface area contributed by atoms with E-state index in [-0.39, 0.29) is 147 Å². The molecule has 10 aromatic rings. The van der Waals surface area contributed by atoms with Crippen LogP contribution in [-0.4, -0.2) is 151 Å². The van der Waals surface area contributed by atoms with E-state index in [9.17, 15) is 62.3 Å². The number of alkyl halides is 1. The van der Waals surface area contributed by atoms with Crippen molar-refractivity contribution in [1.82, 2.24) is 19.6 Å². The van der Waals surface area contributed by atoms with E-state index in [2.05, 4.69) is 137 Å². The molecule has 18 nitrogen and oxygen atoms in total. The number of carbonyl (C=O) groups is 13. The number of aliphatic hydroxyl groups excluding tert-OH is 1. The molecule has 0 bridgehead atoms. The molecule has 4 fully saturated rings. The third-order valence-corrected chi connectivity index (χ3v) is 42.9. The van der Waals surface area contributed by atoms with Crippen LogP contribution in [0.3, 0.4) is 0 Å². The Hall–Kier alpha value is -11.9. The topological polar surface area (TPSA) is 255 Å². The molecule has 8 atom stereocenters. The fourth-order valence-corrected chi connectivity index (χ4v) is 33.7. The molecule has 714 valence electrons. The standard InChI is InChI=1S/C44H39INO3PS.C27H25NO4S.C26H25NO4S.C18H18ClNO3S/c1-32(47)42-36(31-51-44-41(43(49)46(42)44)29-37(48)28-34-14-6-2-7-15-34)27-26-33-22-24-35(25-23-33)30-50(45,38-16-8-3-9-17-38,39-18-10-4-11-19-39)40-20-12-5-13-21-40;1-18(30)25-22(12-11-19-7-9-20(10-8-19)13-14-29)17-33-27-24(26(32)28(25)27)16-23(31)15-21-5-3-2-4-6-21;1-17(29)24-21(12-11-18-7-9-20(15-28)10-8-18)16-32-26-23(25(31)27(24)26)14-22(30)13-19-5-3-2-4-6-19;1-11(21)16-13(9-19)10-24-18-15(17(23)20(16)18)8-14(22)7-12-5-3-2-4-6-12/h2-27,41,44H,28-31H2,1H3;2-12,14,24,27H,13,15-17H2,1H3;2-12,23,26,28H,13-16H2,1H3;2-6,15,18H,7-10H2,1H3/t41-,44-;24-,27-;23-,26-;15-,18-/m1111/s1. The number of Topliss-reactive ketones (excluding diaryl/α,β-unsaturated/α-hetero) is 8. The molecule has 8 heterocycles. The van der Waals surface area contributed by atoms with Crippen molar-refractivity contribution < 1.29 is 67.4 Å². The summed E-state index contributed by atoms with van der Waals surface area (Å²) in [7, 11) is 0. The molecule has 1 N–H and O–H groups in total. The number of carbonyl (C=O) groups excluding carboxylic acids is 13. The Morgan fingerprint density at radius 3 is 0.843 bits per heavy atom. The number of amides is 4. The molecule has 0 spiro atoms. The van der Waals surface area contributed by atoms with E-state index < -0.39 is 10.2 Å². The number of β-lactam (4-membered cyclic amide) rings is 4. The van der Waals surface area contributed by atoms with Crippen LogP contribution in [0, 0.1) is 23.7 Å². The Bertz CT molecular complexity index is 6490. The van der Waals surface area contributed by atoms with Crippen LogP contribution in [0.1, 0.15) is 109 Å². The second-order valence-corrected chi connectivity index (χ2v) is 51.0. The summed E-state index contributed by atoms with van der Waals surface area (Å²) in [6, 6.07) is 94.8. The molecule has 18 rings (SSSR count). The summed E-state index contributed by atoms with van der Waals surface area (Å²) in [6.45, 7) is 5.93. The van der Waals surface area contributed by atoms with E-state index in [0.29, 0.717) is 77.9 Å². The second kappa shape index (κ2) is 47.1. The summed E-state index contributed by atoms with van der Waals surface area (Å²) in [4.78, 5) is 169. The first kappa shape index (κ1) is 102. The van der Waals surface area contributed by atoms with Gasteiger partial charge < -0.3 is 9.90 Å². The van der Waals surface area contributed by atoms with Crippen LogP contribution in [0.4, 0.5) is 0 Å². The number of rotatable bonds is 35. The monoisotopic (exact) mass is 2090 g/mol. The molecule has 4 saturated heterocycles. The normalized spacial score (nSPS) is 19.9. The van der Waals surface area contributed by atoms with Gasteiger partial charge in [-0.05, 0) is 61.2 Å². The number of benzene rings is 10. The summed E-state index contributed by atoms with van der Waals surface area (Å²) in [5, 5.41) is 12.5. The largest absolute Gasteiger partial charge is 0.299 e. The van der Waals surface area contributed by atoms with E-state index in [1.54, 1.807) is 61.7 Å². The van der Waals surface area contributed by atoms with Gasteiger partial charge in [0.1, 0.15) is 29.4 Å². The second-order valence-electron chi connectivity index (χ2n) is 35.7. The van der Waals surface area contributed by atoms with Gasteiger partial charge in [0.05, 0.1) is 57.6 Å². The van der Waals surface area contributed by atoms with Crippen molar-refractivity contribution in [3.63, 3.8) is 0 Å². The van der Waals surface area contributed by atoms with Gasteiger partial charge in [-0.1, -0.05) is 194 Å². The first-order chi connectivity index (χ1) is 67.7. The summed E-state index contributed by atoms with van der Waals surface area (Å²) < 4.78 is -2.98. The molecule has 4 amide bonds. The van der Waals surface area contributed by atoms with Gasteiger partial charge in [0.25, 0.3) is 0 Å². The van der Waals surface area contributed by atoms with Gasteiger partial charge in [-0.15, -0.1) is 46.9 Å². The van der Waals surface area contributed by atoms with Gasteiger partial charge in [0.2, 0.25) is 17.7 Å². The number of aldehydes is 1. The van der Waals surface area contributed by atoms with Gasteiger partial charge in [0.15, 0.2) is 17.3 Å². The molecule has 0 unspecified atom stereocenters. The Morgan fingerprint density at radius 2 is 0.586 bits per heavy atom. The van der Waals surface area contributed by atoms with Crippen LogP contribution in [0.5, 0.6) is 0 Å². The number of thioether (sulfide) groups is 4. The predicted octanol–water partition coefficient (Wildman–Crippen LogP) is 19.2. The fraction of sp³-hybridized carbons (Fsp3) is 0.243. The van der Waals surface area contributed by atoms with Gasteiger partial charge in [-0.25, -0.2) is 0 Å². The number of nitrogens with zero attached hydrogens (tertiary/aromatic N) is 4. The van der Waals surface area contributed by atoms with E-state index >= 15 is 0 Å². The Morgan fingerprint density at radius 1 is 0.336 bits per heavy atom. The fourth-order valence-electron chi connectivity index (χ4n) is 19.0. The molecule has 0 radical (unpaired) electrons. The third-order valence-electron chi connectivity index (χ3n) is 26.0. The molecule has 0 aromatic heterocycles. The van der Waals surface area contributed by atoms with Gasteiger partial charge in [-0.3, -0.25) is 62.6 Å².